The minimum absolute atomic E-state index is 0.646. The molecule has 0 fully saturated rings. The summed E-state index contributed by atoms with van der Waals surface area (Å²) in [6, 6.07) is 18.6. The van der Waals surface area contributed by atoms with Crippen LogP contribution in [0.1, 0.15) is 0 Å². The molecule has 0 atom stereocenters. The van der Waals surface area contributed by atoms with Crippen LogP contribution in [0.4, 0.5) is 0 Å². The maximum atomic E-state index is 8.78. The van der Waals surface area contributed by atoms with E-state index >= 15 is 0 Å². The molecule has 20 heavy (non-hydrogen) atoms. The second-order valence-electron chi connectivity index (χ2n) is 4.64. The Labute approximate surface area is 120 Å². The lowest BCUT2D eigenvalue weighted by molar-refractivity contribution is 0.454. The molecule has 1 aromatic heterocycles. The van der Waals surface area contributed by atoms with Crippen LogP contribution in [0.3, 0.4) is 0 Å². The molecule has 4 heteroatoms. The van der Waals surface area contributed by atoms with Crippen LogP contribution in [0, 0.1) is 0 Å². The van der Waals surface area contributed by atoms with E-state index in [2.05, 4.69) is 36.4 Å². The topological polar surface area (TPSA) is 29.5 Å². The van der Waals surface area contributed by atoms with Gasteiger partial charge in [0.1, 0.15) is 5.75 Å². The Morgan fingerprint density at radius 3 is 2.65 bits per heavy atom. The Morgan fingerprint density at radius 2 is 1.75 bits per heavy atom. The van der Waals surface area contributed by atoms with Gasteiger partial charge >= 0.3 is 7.69 Å². The summed E-state index contributed by atoms with van der Waals surface area (Å²) in [5.41, 5.74) is 0. The van der Waals surface area contributed by atoms with Gasteiger partial charge in [0.05, 0.1) is 0 Å². The van der Waals surface area contributed by atoms with Crippen LogP contribution in [0.25, 0.3) is 30.9 Å². The molecule has 0 saturated carbocycles. The fraction of sp³-hybridized carbons (Fsp3) is 0. The van der Waals surface area contributed by atoms with Gasteiger partial charge in [0, 0.05) is 20.2 Å². The largest absolute Gasteiger partial charge is 0.569 e. The lowest BCUT2D eigenvalue weighted by atomic mass is 10.0. The molecule has 3 aromatic carbocycles. The summed E-state index contributed by atoms with van der Waals surface area (Å²) < 4.78 is 7.57. The zero-order valence-electron chi connectivity index (χ0n) is 10.5. The van der Waals surface area contributed by atoms with E-state index in [1.165, 1.54) is 30.9 Å². The molecule has 4 aromatic rings. The van der Waals surface area contributed by atoms with Crippen LogP contribution >= 0.6 is 11.3 Å². The quantitative estimate of drug-likeness (QED) is 0.559. The van der Waals surface area contributed by atoms with Crippen molar-refractivity contribution in [2.45, 2.75) is 0 Å². The highest BCUT2D eigenvalue weighted by Crippen LogP contribution is 2.39. The molecule has 2 nitrogen and oxygen atoms in total. The maximum absolute atomic E-state index is 8.78. The average Bonchev–Trinajstić information content (AvgIpc) is 2.86. The minimum atomic E-state index is 0.646. The molecule has 1 radical (unpaired) electrons. The zero-order valence-corrected chi connectivity index (χ0v) is 11.4. The number of benzene rings is 3. The number of hydrogen-bond acceptors (Lipinski definition) is 3. The smallest absolute Gasteiger partial charge is 0.537 e. The van der Waals surface area contributed by atoms with Crippen molar-refractivity contribution >= 4 is 50.0 Å². The minimum Gasteiger partial charge on any atom is -0.537 e. The highest BCUT2D eigenvalue weighted by Gasteiger charge is 2.09. The predicted octanol–water partition coefficient (Wildman–Crippen LogP) is 4.11. The second kappa shape index (κ2) is 4.51. The van der Waals surface area contributed by atoms with Crippen molar-refractivity contribution in [2.24, 2.45) is 0 Å². The second-order valence-corrected chi connectivity index (χ2v) is 5.73. The molecule has 0 spiro atoms. The molecular weight excluding hydrogens is 267 g/mol. The van der Waals surface area contributed by atoms with Gasteiger partial charge in [0.25, 0.3) is 0 Å². The fourth-order valence-electron chi connectivity index (χ4n) is 2.66. The molecule has 0 saturated heterocycles. The van der Waals surface area contributed by atoms with Gasteiger partial charge in [-0.2, -0.15) is 0 Å². The summed E-state index contributed by atoms with van der Waals surface area (Å²) in [7, 11) is 0.716. The van der Waals surface area contributed by atoms with Crippen molar-refractivity contribution in [3.05, 3.63) is 54.6 Å². The van der Waals surface area contributed by atoms with Crippen molar-refractivity contribution in [3.63, 3.8) is 0 Å². The predicted molar refractivity (Wildman–Crippen MR) is 85.4 cm³/mol. The normalized spacial score (nSPS) is 11.2. The summed E-state index contributed by atoms with van der Waals surface area (Å²) in [4.78, 5) is 0. The van der Waals surface area contributed by atoms with Gasteiger partial charge in [-0.15, -0.1) is 11.3 Å². The van der Waals surface area contributed by atoms with Crippen molar-refractivity contribution in [1.29, 1.82) is 0 Å². The molecule has 0 aliphatic rings. The molecule has 0 unspecified atom stereocenters. The van der Waals surface area contributed by atoms with E-state index in [-0.39, 0.29) is 0 Å². The highest BCUT2D eigenvalue weighted by atomic mass is 32.1. The summed E-state index contributed by atoms with van der Waals surface area (Å²) in [5.74, 6) is 0.646. The van der Waals surface area contributed by atoms with E-state index in [9.17, 15) is 0 Å². The molecule has 95 valence electrons. The van der Waals surface area contributed by atoms with E-state index in [1.807, 2.05) is 18.2 Å². The first kappa shape index (κ1) is 11.8. The van der Waals surface area contributed by atoms with Gasteiger partial charge in [0.2, 0.25) is 0 Å². The van der Waals surface area contributed by atoms with E-state index in [4.69, 9.17) is 9.68 Å². The molecular formula is C16H10BO2S. The standard InChI is InChI=1S/C16H10BO2S/c18-17-19-11-6-8-14-13(9-11)16-12-4-2-1-3-10(12)5-7-15(16)20-14/h1-9,18H. The SMILES string of the molecule is O[B]Oc1ccc2sc3ccc4ccccc4c3c2c1. The lowest BCUT2D eigenvalue weighted by Gasteiger charge is -2.02. The monoisotopic (exact) mass is 277 g/mol. The Hall–Kier alpha value is -2.04. The van der Waals surface area contributed by atoms with Crippen LogP contribution < -0.4 is 4.65 Å². The lowest BCUT2D eigenvalue weighted by Crippen LogP contribution is -1.98. The van der Waals surface area contributed by atoms with Gasteiger partial charge in [-0.1, -0.05) is 30.3 Å². The molecule has 0 amide bonds. The third kappa shape index (κ3) is 1.69. The first-order chi connectivity index (χ1) is 9.86. The van der Waals surface area contributed by atoms with Crippen LogP contribution in [0.2, 0.25) is 0 Å². The average molecular weight is 277 g/mol. The van der Waals surface area contributed by atoms with E-state index in [0.29, 0.717) is 13.4 Å². The van der Waals surface area contributed by atoms with Crippen molar-refractivity contribution in [1.82, 2.24) is 0 Å². The number of rotatable bonds is 2. The van der Waals surface area contributed by atoms with Crippen LogP contribution in [-0.4, -0.2) is 12.7 Å². The number of fused-ring (bicyclic) bond motifs is 5. The summed E-state index contributed by atoms with van der Waals surface area (Å²) in [6.45, 7) is 0. The van der Waals surface area contributed by atoms with Crippen LogP contribution in [0.5, 0.6) is 5.75 Å². The van der Waals surface area contributed by atoms with E-state index < -0.39 is 0 Å². The molecule has 1 heterocycles. The third-order valence-electron chi connectivity index (χ3n) is 3.52. The molecule has 0 aliphatic heterocycles. The number of hydrogen-bond donors (Lipinski definition) is 1. The van der Waals surface area contributed by atoms with Crippen LogP contribution in [-0.2, 0) is 0 Å². The highest BCUT2D eigenvalue weighted by molar-refractivity contribution is 7.26. The first-order valence-corrected chi connectivity index (χ1v) is 7.15. The van der Waals surface area contributed by atoms with E-state index in [1.54, 1.807) is 11.3 Å². The Morgan fingerprint density at radius 1 is 0.900 bits per heavy atom. The van der Waals surface area contributed by atoms with Gasteiger partial charge in [-0.3, -0.25) is 0 Å². The summed E-state index contributed by atoms with van der Waals surface area (Å²) in [6.07, 6.45) is 0. The Balaban J connectivity index is 2.16. The van der Waals surface area contributed by atoms with Gasteiger partial charge in [0.15, 0.2) is 0 Å². The number of thiophene rings is 1. The van der Waals surface area contributed by atoms with Crippen molar-refractivity contribution < 1.29 is 9.68 Å². The molecule has 0 aliphatic carbocycles. The molecule has 0 bridgehead atoms. The Bertz CT molecular complexity index is 930. The maximum Gasteiger partial charge on any atom is 0.569 e. The van der Waals surface area contributed by atoms with Gasteiger partial charge in [-0.05, 0) is 35.0 Å². The first-order valence-electron chi connectivity index (χ1n) is 6.33. The van der Waals surface area contributed by atoms with Crippen molar-refractivity contribution in [2.75, 3.05) is 0 Å². The summed E-state index contributed by atoms with van der Waals surface area (Å²) in [5, 5.41) is 13.7. The van der Waals surface area contributed by atoms with Crippen molar-refractivity contribution in [3.8, 4) is 5.75 Å². The zero-order chi connectivity index (χ0) is 13.5. The molecule has 1 N–H and O–H groups in total. The Kier molecular flexibility index (Phi) is 2.65. The van der Waals surface area contributed by atoms with Gasteiger partial charge < -0.3 is 9.68 Å². The van der Waals surface area contributed by atoms with Crippen LogP contribution in [0.15, 0.2) is 54.6 Å². The van der Waals surface area contributed by atoms with E-state index in [0.717, 1.165) is 0 Å². The van der Waals surface area contributed by atoms with Gasteiger partial charge in [-0.25, -0.2) is 0 Å². The summed E-state index contributed by atoms with van der Waals surface area (Å²) >= 11 is 1.78. The third-order valence-corrected chi connectivity index (χ3v) is 4.66. The molecule has 4 rings (SSSR count). The fourth-order valence-corrected chi connectivity index (χ4v) is 3.76.